The second-order valence-corrected chi connectivity index (χ2v) is 8.28. The van der Waals surface area contributed by atoms with Crippen LogP contribution in [0.3, 0.4) is 0 Å². The Morgan fingerprint density at radius 1 is 1.12 bits per heavy atom. The van der Waals surface area contributed by atoms with E-state index in [9.17, 15) is 9.50 Å². The van der Waals surface area contributed by atoms with E-state index in [2.05, 4.69) is 20.2 Å². The van der Waals surface area contributed by atoms with E-state index in [0.717, 1.165) is 16.8 Å². The number of nitrogen functional groups attached to an aromatic ring is 1. The fourth-order valence-corrected chi connectivity index (χ4v) is 3.53. The summed E-state index contributed by atoms with van der Waals surface area (Å²) in [5.74, 6) is 0.166. The number of hydrogen-bond acceptors (Lipinski definition) is 7. The maximum absolute atomic E-state index is 14.0. The second-order valence-electron chi connectivity index (χ2n) is 8.28. The normalized spacial score (nSPS) is 12.5. The molecule has 1 atom stereocenters. The molecule has 3 heterocycles. The molecule has 0 amide bonds. The fraction of sp³-hybridized carbons (Fsp3) is 0.250. The number of hydrogen-bond donors (Lipinski definition) is 2. The van der Waals surface area contributed by atoms with Crippen LogP contribution in [0.15, 0.2) is 55.0 Å². The Morgan fingerprint density at radius 2 is 1.85 bits per heavy atom. The summed E-state index contributed by atoms with van der Waals surface area (Å²) in [5.41, 5.74) is 9.09. The van der Waals surface area contributed by atoms with Crippen molar-refractivity contribution in [2.24, 2.45) is 0 Å². The van der Waals surface area contributed by atoms with Crippen molar-refractivity contribution in [2.75, 3.05) is 5.73 Å². The molecule has 0 aliphatic rings. The third kappa shape index (κ3) is 4.68. The fourth-order valence-electron chi connectivity index (χ4n) is 3.53. The highest BCUT2D eigenvalue weighted by Gasteiger charge is 2.20. The quantitative estimate of drug-likeness (QED) is 0.456. The van der Waals surface area contributed by atoms with E-state index in [1.54, 1.807) is 57.6 Å². The summed E-state index contributed by atoms with van der Waals surface area (Å²) in [6, 6.07) is 9.76. The monoisotopic (exact) mass is 448 g/mol. The Bertz CT molecular complexity index is 1280. The molecule has 0 saturated heterocycles. The Hall–Kier alpha value is -3.85. The summed E-state index contributed by atoms with van der Waals surface area (Å²) in [6.45, 7) is 7.02. The molecule has 3 N–H and O–H groups in total. The third-order valence-corrected chi connectivity index (χ3v) is 5.27. The summed E-state index contributed by atoms with van der Waals surface area (Å²) in [4.78, 5) is 10.2. The van der Waals surface area contributed by atoms with Crippen molar-refractivity contribution >= 4 is 5.82 Å². The van der Waals surface area contributed by atoms with Gasteiger partial charge in [-0.2, -0.15) is 15.0 Å². The molecule has 0 spiro atoms. The van der Waals surface area contributed by atoms with Crippen molar-refractivity contribution in [3.05, 3.63) is 77.8 Å². The molecular formula is C24H25FN6O2. The molecule has 0 radical (unpaired) electrons. The maximum Gasteiger partial charge on any atom is 0.166 e. The van der Waals surface area contributed by atoms with Gasteiger partial charge >= 0.3 is 0 Å². The van der Waals surface area contributed by atoms with E-state index in [1.807, 2.05) is 13.0 Å². The minimum absolute atomic E-state index is 0.208. The number of nitrogens with zero attached hydrogens (tertiary/aromatic N) is 5. The second kappa shape index (κ2) is 8.59. The molecular weight excluding hydrogens is 423 g/mol. The van der Waals surface area contributed by atoms with E-state index in [1.165, 1.54) is 16.9 Å². The van der Waals surface area contributed by atoms with Crippen LogP contribution in [0.25, 0.3) is 16.8 Å². The van der Waals surface area contributed by atoms with Crippen LogP contribution in [0, 0.1) is 12.7 Å². The summed E-state index contributed by atoms with van der Waals surface area (Å²) in [5, 5.41) is 18.5. The summed E-state index contributed by atoms with van der Waals surface area (Å²) in [6.07, 6.45) is 4.16. The van der Waals surface area contributed by atoms with Gasteiger partial charge < -0.3 is 15.6 Å². The smallest absolute Gasteiger partial charge is 0.166 e. The highest BCUT2D eigenvalue weighted by Crippen LogP contribution is 2.33. The third-order valence-electron chi connectivity index (χ3n) is 5.27. The van der Waals surface area contributed by atoms with Gasteiger partial charge in [0.25, 0.3) is 0 Å². The summed E-state index contributed by atoms with van der Waals surface area (Å²) < 4.78 is 20.2. The van der Waals surface area contributed by atoms with Crippen molar-refractivity contribution < 1.29 is 14.2 Å². The molecule has 9 heteroatoms. The predicted octanol–water partition coefficient (Wildman–Crippen LogP) is 4.12. The molecule has 4 rings (SSSR count). The van der Waals surface area contributed by atoms with Crippen LogP contribution in [0.5, 0.6) is 5.75 Å². The zero-order chi connectivity index (χ0) is 23.8. The van der Waals surface area contributed by atoms with E-state index in [4.69, 9.17) is 10.5 Å². The molecule has 4 aromatic rings. The predicted molar refractivity (Wildman–Crippen MR) is 122 cm³/mol. The number of halogens is 1. The standard InChI is InChI=1S/C24H25FN6O2/c1-14-18(6-8-22(30-14)24(3,4)32)16-11-21(23(26)27-13-16)33-15(2)19-12-17(25)5-7-20(19)31-28-9-10-29-31/h5-13,15,32H,1-4H3,(H2,26,27)/t15-/m1/s1. The lowest BCUT2D eigenvalue weighted by atomic mass is 10.0. The topological polar surface area (TPSA) is 112 Å². The van der Waals surface area contributed by atoms with Crippen LogP contribution in [0.1, 0.15) is 43.8 Å². The van der Waals surface area contributed by atoms with Crippen LogP contribution in [0.2, 0.25) is 0 Å². The molecule has 0 aliphatic heterocycles. The van der Waals surface area contributed by atoms with Crippen LogP contribution in [-0.4, -0.2) is 30.1 Å². The van der Waals surface area contributed by atoms with Crippen LogP contribution in [0.4, 0.5) is 10.2 Å². The number of nitrogens with two attached hydrogens (primary N) is 1. The van der Waals surface area contributed by atoms with Gasteiger partial charge in [-0.15, -0.1) is 0 Å². The lowest BCUT2D eigenvalue weighted by Crippen LogP contribution is -2.18. The molecule has 0 unspecified atom stereocenters. The highest BCUT2D eigenvalue weighted by atomic mass is 19.1. The number of rotatable bonds is 6. The van der Waals surface area contributed by atoms with Gasteiger partial charge in [-0.3, -0.25) is 4.98 Å². The summed E-state index contributed by atoms with van der Waals surface area (Å²) >= 11 is 0. The highest BCUT2D eigenvalue weighted by molar-refractivity contribution is 5.69. The van der Waals surface area contributed by atoms with E-state index >= 15 is 0 Å². The molecule has 33 heavy (non-hydrogen) atoms. The van der Waals surface area contributed by atoms with Crippen molar-refractivity contribution in [1.29, 1.82) is 0 Å². The molecule has 0 bridgehead atoms. The Labute approximate surface area is 190 Å². The number of aromatic nitrogens is 5. The first-order valence-electron chi connectivity index (χ1n) is 10.4. The lowest BCUT2D eigenvalue weighted by Gasteiger charge is -2.20. The van der Waals surface area contributed by atoms with E-state index in [0.29, 0.717) is 22.7 Å². The number of benzene rings is 1. The Morgan fingerprint density at radius 3 is 2.52 bits per heavy atom. The maximum atomic E-state index is 14.0. The minimum atomic E-state index is -1.04. The van der Waals surface area contributed by atoms with Gasteiger partial charge in [0.05, 0.1) is 23.8 Å². The molecule has 1 aromatic carbocycles. The van der Waals surface area contributed by atoms with Gasteiger partial charge in [-0.05, 0) is 58.0 Å². The first kappa shape index (κ1) is 22.3. The van der Waals surface area contributed by atoms with Gasteiger partial charge in [0.1, 0.15) is 17.5 Å². The van der Waals surface area contributed by atoms with Gasteiger partial charge in [-0.25, -0.2) is 9.37 Å². The average Bonchev–Trinajstić information content (AvgIpc) is 3.29. The van der Waals surface area contributed by atoms with Crippen molar-refractivity contribution in [1.82, 2.24) is 25.0 Å². The molecule has 0 fully saturated rings. The minimum Gasteiger partial charge on any atom is -0.482 e. The number of ether oxygens (including phenoxy) is 1. The van der Waals surface area contributed by atoms with Gasteiger partial charge in [-0.1, -0.05) is 6.07 Å². The molecule has 3 aromatic heterocycles. The number of anilines is 1. The van der Waals surface area contributed by atoms with Gasteiger partial charge in [0.15, 0.2) is 11.6 Å². The lowest BCUT2D eigenvalue weighted by molar-refractivity contribution is 0.0737. The molecule has 0 aliphatic carbocycles. The first-order valence-corrected chi connectivity index (χ1v) is 10.4. The first-order chi connectivity index (χ1) is 15.6. The van der Waals surface area contributed by atoms with E-state index in [-0.39, 0.29) is 5.82 Å². The van der Waals surface area contributed by atoms with E-state index < -0.39 is 17.5 Å². The Balaban J connectivity index is 1.67. The zero-order valence-corrected chi connectivity index (χ0v) is 18.8. The average molecular weight is 449 g/mol. The van der Waals surface area contributed by atoms with Crippen LogP contribution in [-0.2, 0) is 5.60 Å². The molecule has 170 valence electrons. The zero-order valence-electron chi connectivity index (χ0n) is 18.8. The van der Waals surface area contributed by atoms with Crippen LogP contribution < -0.4 is 10.5 Å². The largest absolute Gasteiger partial charge is 0.482 e. The number of aliphatic hydroxyl groups is 1. The SMILES string of the molecule is Cc1nc(C(C)(C)O)ccc1-c1cnc(N)c(O[C@H](C)c2cc(F)ccc2-n2nccn2)c1. The van der Waals surface area contributed by atoms with Gasteiger partial charge in [0, 0.05) is 28.6 Å². The van der Waals surface area contributed by atoms with Crippen LogP contribution >= 0.6 is 0 Å². The van der Waals surface area contributed by atoms with Gasteiger partial charge in [0.2, 0.25) is 0 Å². The number of aryl methyl sites for hydroxylation is 1. The molecule has 8 nitrogen and oxygen atoms in total. The molecule has 0 saturated carbocycles. The summed E-state index contributed by atoms with van der Waals surface area (Å²) in [7, 11) is 0. The van der Waals surface area contributed by atoms with Crippen molar-refractivity contribution in [3.8, 4) is 22.6 Å². The van der Waals surface area contributed by atoms with Crippen molar-refractivity contribution in [3.63, 3.8) is 0 Å². The Kier molecular flexibility index (Phi) is 5.82. The van der Waals surface area contributed by atoms with Crippen molar-refractivity contribution in [2.45, 2.75) is 39.4 Å². The number of pyridine rings is 2.